The van der Waals surface area contributed by atoms with Crippen molar-refractivity contribution in [3.63, 3.8) is 0 Å². The maximum atomic E-state index is 12.4. The summed E-state index contributed by atoms with van der Waals surface area (Å²) in [6.45, 7) is 8.47. The van der Waals surface area contributed by atoms with Gasteiger partial charge in [0.2, 0.25) is 5.75 Å². The number of carbonyl (C=O) groups excluding carboxylic acids is 1. The van der Waals surface area contributed by atoms with Crippen LogP contribution in [0.3, 0.4) is 0 Å². The average molecular weight is 521 g/mol. The van der Waals surface area contributed by atoms with Crippen LogP contribution in [0.5, 0.6) is 17.2 Å². The summed E-state index contributed by atoms with van der Waals surface area (Å²) in [7, 11) is 0. The molecule has 1 aromatic rings. The molecule has 0 heterocycles. The molecule has 37 heavy (non-hydrogen) atoms. The first-order chi connectivity index (χ1) is 18.2. The fourth-order valence-electron chi connectivity index (χ4n) is 4.33. The third-order valence-corrected chi connectivity index (χ3v) is 6.67. The highest BCUT2D eigenvalue weighted by Gasteiger charge is 2.19. The van der Waals surface area contributed by atoms with Crippen molar-refractivity contribution in [3.05, 3.63) is 17.7 Å². The average Bonchev–Trinajstić information content (AvgIpc) is 2.91. The topological polar surface area (TPSA) is 82.8 Å². The molecule has 0 spiro atoms. The molecule has 0 atom stereocenters. The van der Waals surface area contributed by atoms with Gasteiger partial charge in [-0.15, -0.1) is 0 Å². The minimum atomic E-state index is -0.365. The lowest BCUT2D eigenvalue weighted by molar-refractivity contribution is 0.0952. The third kappa shape index (κ3) is 15.8. The van der Waals surface area contributed by atoms with Gasteiger partial charge in [0, 0.05) is 5.56 Å². The maximum Gasteiger partial charge on any atom is 0.265 e. The van der Waals surface area contributed by atoms with Gasteiger partial charge >= 0.3 is 0 Å². The van der Waals surface area contributed by atoms with Gasteiger partial charge in [0.1, 0.15) is 0 Å². The Bertz CT molecular complexity index is 657. The van der Waals surface area contributed by atoms with E-state index in [1.807, 2.05) is 0 Å². The zero-order valence-electron chi connectivity index (χ0n) is 24.2. The minimum absolute atomic E-state index is 0.365. The van der Waals surface area contributed by atoms with E-state index in [2.05, 4.69) is 26.2 Å². The van der Waals surface area contributed by atoms with E-state index in [9.17, 15) is 4.79 Å². The Kier molecular flexibility index (Phi) is 20.7. The summed E-state index contributed by atoms with van der Waals surface area (Å²) in [5, 5.41) is 0. The van der Waals surface area contributed by atoms with E-state index in [4.69, 9.17) is 20.1 Å². The van der Waals surface area contributed by atoms with Crippen LogP contribution in [0.25, 0.3) is 0 Å². The normalized spacial score (nSPS) is 10.9. The van der Waals surface area contributed by atoms with Gasteiger partial charge in [0.05, 0.1) is 19.8 Å². The number of nitrogens with one attached hydrogen (secondary N) is 1. The van der Waals surface area contributed by atoms with Gasteiger partial charge in [0.25, 0.3) is 5.91 Å². The summed E-state index contributed by atoms with van der Waals surface area (Å²) in [6.07, 6.45) is 21.4. The molecular formula is C31H56N2O4. The third-order valence-electron chi connectivity index (χ3n) is 6.67. The lowest BCUT2D eigenvalue weighted by atomic mass is 10.1. The molecule has 0 aromatic heterocycles. The number of amides is 1. The molecule has 6 heteroatoms. The Labute approximate surface area is 227 Å². The summed E-state index contributed by atoms with van der Waals surface area (Å²) in [6, 6.07) is 3.46. The van der Waals surface area contributed by atoms with E-state index in [1.54, 1.807) is 12.1 Å². The Morgan fingerprint density at radius 1 is 0.595 bits per heavy atom. The molecule has 0 fully saturated rings. The monoisotopic (exact) mass is 520 g/mol. The summed E-state index contributed by atoms with van der Waals surface area (Å²) < 4.78 is 18.6. The first-order valence-corrected chi connectivity index (χ1v) is 15.2. The molecule has 214 valence electrons. The molecule has 0 unspecified atom stereocenters. The van der Waals surface area contributed by atoms with Crippen molar-refractivity contribution < 1.29 is 19.0 Å². The van der Waals surface area contributed by atoms with Gasteiger partial charge in [0.15, 0.2) is 11.5 Å². The minimum Gasteiger partial charge on any atom is -0.490 e. The predicted molar refractivity (Wildman–Crippen MR) is 155 cm³/mol. The van der Waals surface area contributed by atoms with Crippen LogP contribution in [0.15, 0.2) is 12.1 Å². The lowest BCUT2D eigenvalue weighted by Crippen LogP contribution is -2.30. The van der Waals surface area contributed by atoms with Crippen molar-refractivity contribution in [1.82, 2.24) is 5.43 Å². The van der Waals surface area contributed by atoms with E-state index >= 15 is 0 Å². The van der Waals surface area contributed by atoms with Crippen LogP contribution >= 0.6 is 0 Å². The van der Waals surface area contributed by atoms with Gasteiger partial charge in [-0.3, -0.25) is 10.2 Å². The SMILES string of the molecule is CCCCCCCCOc1cc(C(=O)NN)cc(OCCCCCCCC)c1OCCCCCCCC. The van der Waals surface area contributed by atoms with E-state index in [0.717, 1.165) is 38.5 Å². The van der Waals surface area contributed by atoms with E-state index in [0.29, 0.717) is 42.6 Å². The zero-order valence-corrected chi connectivity index (χ0v) is 24.2. The van der Waals surface area contributed by atoms with Gasteiger partial charge in [-0.05, 0) is 31.4 Å². The molecule has 1 amide bonds. The second-order valence-corrected chi connectivity index (χ2v) is 10.1. The number of unbranched alkanes of at least 4 members (excludes halogenated alkanes) is 15. The number of hydrogen-bond acceptors (Lipinski definition) is 5. The second kappa shape index (κ2) is 23.2. The smallest absolute Gasteiger partial charge is 0.265 e. The molecule has 0 saturated carbocycles. The molecule has 6 nitrogen and oxygen atoms in total. The molecule has 0 aliphatic carbocycles. The van der Waals surface area contributed by atoms with E-state index < -0.39 is 0 Å². The summed E-state index contributed by atoms with van der Waals surface area (Å²) in [4.78, 5) is 12.4. The van der Waals surface area contributed by atoms with Gasteiger partial charge in [-0.2, -0.15) is 0 Å². The molecule has 0 aliphatic rings. The number of nitrogen functional groups attached to an aromatic ring is 1. The fourth-order valence-corrected chi connectivity index (χ4v) is 4.33. The standard InChI is InChI=1S/C31H56N2O4/c1-4-7-10-13-16-19-22-35-28-25-27(31(34)33-32)26-29(36-23-20-17-14-11-8-5-2)30(28)37-24-21-18-15-12-9-6-3/h25-26H,4-24,32H2,1-3H3,(H,33,34). The van der Waals surface area contributed by atoms with Crippen molar-refractivity contribution in [1.29, 1.82) is 0 Å². The van der Waals surface area contributed by atoms with Crippen LogP contribution < -0.4 is 25.5 Å². The van der Waals surface area contributed by atoms with E-state index in [-0.39, 0.29) is 5.91 Å². The Balaban J connectivity index is 2.85. The lowest BCUT2D eigenvalue weighted by Gasteiger charge is -2.18. The Morgan fingerprint density at radius 3 is 1.32 bits per heavy atom. The second-order valence-electron chi connectivity index (χ2n) is 10.1. The first kappa shape index (κ1) is 33.1. The summed E-state index contributed by atoms with van der Waals surface area (Å²) >= 11 is 0. The zero-order chi connectivity index (χ0) is 27.0. The van der Waals surface area contributed by atoms with Gasteiger partial charge in [-0.25, -0.2) is 5.84 Å². The van der Waals surface area contributed by atoms with Gasteiger partial charge < -0.3 is 14.2 Å². The van der Waals surface area contributed by atoms with Crippen molar-refractivity contribution in [3.8, 4) is 17.2 Å². The highest BCUT2D eigenvalue weighted by Crippen LogP contribution is 2.39. The largest absolute Gasteiger partial charge is 0.490 e. The molecular weight excluding hydrogens is 464 g/mol. The number of nitrogens with two attached hydrogens (primary N) is 1. The number of hydrogen-bond donors (Lipinski definition) is 2. The van der Waals surface area contributed by atoms with Crippen LogP contribution in [0, 0.1) is 0 Å². The van der Waals surface area contributed by atoms with Crippen LogP contribution in [0.4, 0.5) is 0 Å². The number of ether oxygens (including phenoxy) is 3. The predicted octanol–water partition coefficient (Wildman–Crippen LogP) is 8.51. The summed E-state index contributed by atoms with van der Waals surface area (Å²) in [5.74, 6) is 6.82. The van der Waals surface area contributed by atoms with E-state index in [1.165, 1.54) is 77.0 Å². The molecule has 1 rings (SSSR count). The maximum absolute atomic E-state index is 12.4. The Morgan fingerprint density at radius 2 is 0.946 bits per heavy atom. The number of rotatable bonds is 25. The van der Waals surface area contributed by atoms with Crippen LogP contribution in [0.1, 0.15) is 147 Å². The first-order valence-electron chi connectivity index (χ1n) is 15.2. The van der Waals surface area contributed by atoms with Crippen LogP contribution in [-0.2, 0) is 0 Å². The molecule has 0 saturated heterocycles. The highest BCUT2D eigenvalue weighted by atomic mass is 16.5. The van der Waals surface area contributed by atoms with Crippen molar-refractivity contribution in [2.75, 3.05) is 19.8 Å². The fraction of sp³-hybridized carbons (Fsp3) is 0.774. The van der Waals surface area contributed by atoms with Crippen LogP contribution in [0.2, 0.25) is 0 Å². The number of benzene rings is 1. The van der Waals surface area contributed by atoms with Crippen molar-refractivity contribution >= 4 is 5.91 Å². The van der Waals surface area contributed by atoms with Crippen LogP contribution in [-0.4, -0.2) is 25.7 Å². The van der Waals surface area contributed by atoms with Crippen molar-refractivity contribution in [2.45, 2.75) is 136 Å². The highest BCUT2D eigenvalue weighted by molar-refractivity contribution is 5.95. The molecule has 1 aromatic carbocycles. The molecule has 0 aliphatic heterocycles. The molecule has 0 radical (unpaired) electrons. The molecule has 0 bridgehead atoms. The number of hydrazine groups is 1. The van der Waals surface area contributed by atoms with Crippen molar-refractivity contribution in [2.24, 2.45) is 5.84 Å². The quantitative estimate of drug-likeness (QED) is 0.0584. The summed E-state index contributed by atoms with van der Waals surface area (Å²) in [5.41, 5.74) is 2.65. The Hall–Kier alpha value is -1.95. The number of carbonyl (C=O) groups is 1. The van der Waals surface area contributed by atoms with Gasteiger partial charge in [-0.1, -0.05) is 117 Å². The molecule has 3 N–H and O–H groups in total.